The molecule has 0 bridgehead atoms. The van der Waals surface area contributed by atoms with Crippen molar-refractivity contribution in [3.63, 3.8) is 0 Å². The lowest BCUT2D eigenvalue weighted by Gasteiger charge is -2.26. The lowest BCUT2D eigenvalue weighted by atomic mass is 9.90. The van der Waals surface area contributed by atoms with Gasteiger partial charge in [0.15, 0.2) is 0 Å². The number of benzene rings is 2. The summed E-state index contributed by atoms with van der Waals surface area (Å²) < 4.78 is 57.3. The second-order valence-corrected chi connectivity index (χ2v) is 9.32. The molecule has 38 heavy (non-hydrogen) atoms. The van der Waals surface area contributed by atoms with Crippen LogP contribution in [0.25, 0.3) is 11.1 Å². The van der Waals surface area contributed by atoms with Gasteiger partial charge in [-0.15, -0.1) is 0 Å². The average Bonchev–Trinajstić information content (AvgIpc) is 3.17. The zero-order valence-corrected chi connectivity index (χ0v) is 21.5. The number of amides is 1. The summed E-state index contributed by atoms with van der Waals surface area (Å²) in [6.45, 7) is 3.70. The Kier molecular flexibility index (Phi) is 8.14. The van der Waals surface area contributed by atoms with Crippen molar-refractivity contribution in [2.24, 2.45) is 5.92 Å². The van der Waals surface area contributed by atoms with Crippen molar-refractivity contribution in [1.29, 1.82) is 0 Å². The van der Waals surface area contributed by atoms with Gasteiger partial charge in [-0.25, -0.2) is 4.79 Å². The van der Waals surface area contributed by atoms with Gasteiger partial charge in [0, 0.05) is 11.5 Å². The molecule has 6 nitrogen and oxygen atoms in total. The zero-order valence-electron chi connectivity index (χ0n) is 21.5. The van der Waals surface area contributed by atoms with Gasteiger partial charge in [0.1, 0.15) is 11.9 Å². The number of alkyl halides is 3. The normalized spacial score (nSPS) is 20.9. The fraction of sp³-hybridized carbons (Fsp3) is 0.379. The molecule has 1 unspecified atom stereocenters. The minimum absolute atomic E-state index is 0.00131. The SMILES string of the molecule is CCOC(=O)Cc1ccc(OC)c(-c2ccc(C(F)(F)F)cc2CN2C(=O)O[C@H](C3C=CC=CC3)[C@@H]2C)c1. The van der Waals surface area contributed by atoms with E-state index in [1.54, 1.807) is 25.1 Å². The first-order valence-electron chi connectivity index (χ1n) is 12.5. The van der Waals surface area contributed by atoms with Crippen molar-refractivity contribution in [2.75, 3.05) is 13.7 Å². The molecular formula is C29H30F3NO5. The molecule has 3 atom stereocenters. The van der Waals surface area contributed by atoms with E-state index in [1.165, 1.54) is 18.1 Å². The summed E-state index contributed by atoms with van der Waals surface area (Å²) >= 11 is 0. The number of hydrogen-bond acceptors (Lipinski definition) is 5. The molecule has 1 aliphatic carbocycles. The monoisotopic (exact) mass is 529 g/mol. The maximum Gasteiger partial charge on any atom is 0.416 e. The van der Waals surface area contributed by atoms with Crippen LogP contribution in [0.5, 0.6) is 5.75 Å². The number of esters is 1. The maximum absolute atomic E-state index is 13.7. The van der Waals surface area contributed by atoms with Crippen LogP contribution >= 0.6 is 0 Å². The molecule has 1 heterocycles. The minimum atomic E-state index is -4.57. The number of rotatable bonds is 8. The number of carbonyl (C=O) groups excluding carboxylic acids is 2. The lowest BCUT2D eigenvalue weighted by Crippen LogP contribution is -2.36. The number of nitrogens with zero attached hydrogens (tertiary/aromatic N) is 1. The van der Waals surface area contributed by atoms with Crippen molar-refractivity contribution in [3.05, 3.63) is 77.4 Å². The Morgan fingerprint density at radius 1 is 1.13 bits per heavy atom. The van der Waals surface area contributed by atoms with E-state index >= 15 is 0 Å². The van der Waals surface area contributed by atoms with Crippen molar-refractivity contribution < 1.29 is 37.0 Å². The van der Waals surface area contributed by atoms with E-state index in [0.29, 0.717) is 28.9 Å². The maximum atomic E-state index is 13.7. The van der Waals surface area contributed by atoms with Crippen molar-refractivity contribution in [3.8, 4) is 16.9 Å². The molecule has 2 aromatic rings. The second kappa shape index (κ2) is 11.3. The molecule has 4 rings (SSSR count). The van der Waals surface area contributed by atoms with Crippen LogP contribution in [-0.4, -0.2) is 42.8 Å². The number of ether oxygens (including phenoxy) is 3. The lowest BCUT2D eigenvalue weighted by molar-refractivity contribution is -0.142. The van der Waals surface area contributed by atoms with Crippen molar-refractivity contribution in [1.82, 2.24) is 4.90 Å². The van der Waals surface area contributed by atoms with Crippen LogP contribution in [0.3, 0.4) is 0 Å². The molecular weight excluding hydrogens is 499 g/mol. The predicted molar refractivity (Wildman–Crippen MR) is 135 cm³/mol. The van der Waals surface area contributed by atoms with Gasteiger partial charge in [0.25, 0.3) is 0 Å². The highest BCUT2D eigenvalue weighted by atomic mass is 19.4. The highest BCUT2D eigenvalue weighted by molar-refractivity contribution is 5.78. The average molecular weight is 530 g/mol. The molecule has 1 fully saturated rings. The first kappa shape index (κ1) is 27.3. The third kappa shape index (κ3) is 5.87. The standard InChI is InChI=1S/C29H30F3NO5/c1-4-37-26(34)15-19-10-13-25(36-3)24(14-19)23-12-11-22(29(30,31)32)16-21(23)17-33-18(2)27(38-28(33)35)20-8-6-5-7-9-20/h5-8,10-14,16,18,20,27H,4,9,15,17H2,1-3H3/t18-,20?,27-/m0/s1. The molecule has 2 aliphatic rings. The number of carbonyl (C=O) groups is 2. The fourth-order valence-electron chi connectivity index (χ4n) is 4.92. The third-order valence-electron chi connectivity index (χ3n) is 6.86. The van der Waals surface area contributed by atoms with Crippen LogP contribution < -0.4 is 4.74 Å². The number of allylic oxidation sites excluding steroid dienone is 3. The Balaban J connectivity index is 1.73. The molecule has 1 saturated heterocycles. The molecule has 0 spiro atoms. The Morgan fingerprint density at radius 2 is 1.92 bits per heavy atom. The van der Waals surface area contributed by atoms with Crippen LogP contribution in [-0.2, 0) is 33.4 Å². The van der Waals surface area contributed by atoms with Crippen LogP contribution in [0.1, 0.15) is 37.0 Å². The quantitative estimate of drug-likeness (QED) is 0.374. The van der Waals surface area contributed by atoms with Gasteiger partial charge in [-0.1, -0.05) is 36.4 Å². The largest absolute Gasteiger partial charge is 0.496 e. The summed E-state index contributed by atoms with van der Waals surface area (Å²) in [5, 5.41) is 0. The van der Waals surface area contributed by atoms with Crippen LogP contribution in [0.4, 0.5) is 18.0 Å². The molecule has 9 heteroatoms. The molecule has 1 amide bonds. The summed E-state index contributed by atoms with van der Waals surface area (Å²) in [6, 6.07) is 8.16. The first-order valence-corrected chi connectivity index (χ1v) is 12.5. The summed E-state index contributed by atoms with van der Waals surface area (Å²) in [6.07, 6.45) is 2.96. The van der Waals surface area contributed by atoms with Gasteiger partial charge in [0.2, 0.25) is 0 Å². The van der Waals surface area contributed by atoms with Gasteiger partial charge in [-0.3, -0.25) is 9.69 Å². The van der Waals surface area contributed by atoms with Gasteiger partial charge in [-0.05, 0) is 61.2 Å². The number of hydrogen-bond donors (Lipinski definition) is 0. The highest BCUT2D eigenvalue weighted by Crippen LogP contribution is 2.39. The van der Waals surface area contributed by atoms with Crippen molar-refractivity contribution in [2.45, 2.75) is 51.6 Å². The Bertz CT molecular complexity index is 1250. The summed E-state index contributed by atoms with van der Waals surface area (Å²) in [5.74, 6) is -0.000186. The Labute approximate surface area is 219 Å². The van der Waals surface area contributed by atoms with E-state index in [9.17, 15) is 22.8 Å². The summed E-state index contributed by atoms with van der Waals surface area (Å²) in [5.41, 5.74) is 1.06. The van der Waals surface area contributed by atoms with Gasteiger partial charge in [-0.2, -0.15) is 13.2 Å². The zero-order chi connectivity index (χ0) is 27.4. The number of halogens is 3. The summed E-state index contributed by atoms with van der Waals surface area (Å²) in [4.78, 5) is 26.4. The summed E-state index contributed by atoms with van der Waals surface area (Å²) in [7, 11) is 1.46. The van der Waals surface area contributed by atoms with E-state index in [-0.39, 0.29) is 37.1 Å². The molecule has 1 aliphatic heterocycles. The molecule has 202 valence electrons. The second-order valence-electron chi connectivity index (χ2n) is 9.32. The van der Waals surface area contributed by atoms with E-state index in [0.717, 1.165) is 12.1 Å². The van der Waals surface area contributed by atoms with Gasteiger partial charge < -0.3 is 14.2 Å². The first-order chi connectivity index (χ1) is 18.1. The molecule has 2 aromatic carbocycles. The van der Waals surface area contributed by atoms with E-state index in [4.69, 9.17) is 14.2 Å². The van der Waals surface area contributed by atoms with E-state index in [2.05, 4.69) is 0 Å². The van der Waals surface area contributed by atoms with Gasteiger partial charge in [0.05, 0.1) is 38.3 Å². The van der Waals surface area contributed by atoms with Gasteiger partial charge >= 0.3 is 18.2 Å². The van der Waals surface area contributed by atoms with Crippen LogP contribution in [0, 0.1) is 5.92 Å². The third-order valence-corrected chi connectivity index (χ3v) is 6.86. The Morgan fingerprint density at radius 3 is 2.58 bits per heavy atom. The van der Waals surface area contributed by atoms with Crippen LogP contribution in [0.15, 0.2) is 60.7 Å². The molecule has 0 saturated carbocycles. The molecule has 0 radical (unpaired) electrons. The minimum Gasteiger partial charge on any atom is -0.496 e. The predicted octanol–water partition coefficient (Wildman–Crippen LogP) is 6.33. The fourth-order valence-corrected chi connectivity index (χ4v) is 4.92. The van der Waals surface area contributed by atoms with Crippen LogP contribution in [0.2, 0.25) is 0 Å². The smallest absolute Gasteiger partial charge is 0.416 e. The van der Waals surface area contributed by atoms with E-state index in [1.807, 2.05) is 31.2 Å². The topological polar surface area (TPSA) is 65.1 Å². The number of methoxy groups -OCH3 is 1. The van der Waals surface area contributed by atoms with E-state index < -0.39 is 29.9 Å². The number of cyclic esters (lactones) is 1. The molecule has 0 aromatic heterocycles. The van der Waals surface area contributed by atoms with Crippen molar-refractivity contribution >= 4 is 12.1 Å². The Hall–Kier alpha value is -3.75. The molecule has 0 N–H and O–H groups in total. The highest BCUT2D eigenvalue weighted by Gasteiger charge is 2.42.